The van der Waals surface area contributed by atoms with E-state index >= 15 is 0 Å². The second-order valence-electron chi connectivity index (χ2n) is 14.1. The molecule has 2 aliphatic rings. The summed E-state index contributed by atoms with van der Waals surface area (Å²) in [5, 5.41) is 21.3. The molecule has 43 heavy (non-hydrogen) atoms. The standard InChI is InChI=1S/C37H40B2O4/c1-33(2,40)35(5,6)42-38-23-17-19-27-25-13-9-11-15-29(25)37(31(27)21-23)30-16-12-10-14-26(30)28-20-18-24(22-32(28)37)39-43-36(7,8)34(3,4)41/h9-22,40-41H,1-8H3. The van der Waals surface area contributed by atoms with Gasteiger partial charge in [-0.05, 0) is 99.9 Å². The zero-order valence-electron chi connectivity index (χ0n) is 26.4. The van der Waals surface area contributed by atoms with E-state index in [1.807, 2.05) is 27.7 Å². The third-order valence-corrected chi connectivity index (χ3v) is 10.1. The van der Waals surface area contributed by atoms with E-state index in [0.29, 0.717) is 0 Å². The monoisotopic (exact) mass is 570 g/mol. The van der Waals surface area contributed by atoms with Gasteiger partial charge < -0.3 is 19.5 Å². The van der Waals surface area contributed by atoms with Crippen LogP contribution in [0.1, 0.15) is 77.6 Å². The van der Waals surface area contributed by atoms with Crippen molar-refractivity contribution in [2.24, 2.45) is 0 Å². The van der Waals surface area contributed by atoms with Crippen molar-refractivity contribution in [2.45, 2.75) is 83.2 Å². The molecule has 0 saturated carbocycles. The first-order valence-corrected chi connectivity index (χ1v) is 15.0. The number of hydrogen-bond acceptors (Lipinski definition) is 4. The molecule has 0 heterocycles. The van der Waals surface area contributed by atoms with E-state index in [2.05, 4.69) is 84.9 Å². The average Bonchev–Trinajstić information content (AvgIpc) is 3.40. The van der Waals surface area contributed by atoms with Crippen LogP contribution in [0.4, 0.5) is 0 Å². The van der Waals surface area contributed by atoms with Crippen LogP contribution in [-0.2, 0) is 14.7 Å². The lowest BCUT2D eigenvalue weighted by molar-refractivity contribution is -0.0893. The highest BCUT2D eigenvalue weighted by atomic mass is 16.5. The normalized spacial score (nSPS) is 15.1. The Bertz CT molecular complexity index is 1580. The molecule has 218 valence electrons. The Hall–Kier alpha value is -3.15. The van der Waals surface area contributed by atoms with Gasteiger partial charge in [0.2, 0.25) is 0 Å². The van der Waals surface area contributed by atoms with Crippen LogP contribution in [0.25, 0.3) is 22.3 Å². The van der Waals surface area contributed by atoms with Crippen molar-refractivity contribution < 1.29 is 19.5 Å². The summed E-state index contributed by atoms with van der Waals surface area (Å²) in [6, 6.07) is 30.5. The number of aliphatic hydroxyl groups is 2. The largest absolute Gasteiger partial charge is 0.427 e. The van der Waals surface area contributed by atoms with Crippen LogP contribution in [0.3, 0.4) is 0 Å². The molecule has 6 rings (SSSR count). The third-order valence-electron chi connectivity index (χ3n) is 10.1. The minimum atomic E-state index is -1.02. The highest BCUT2D eigenvalue weighted by Crippen LogP contribution is 2.62. The van der Waals surface area contributed by atoms with E-state index in [1.54, 1.807) is 42.7 Å². The number of benzene rings is 4. The molecule has 0 fully saturated rings. The quantitative estimate of drug-likeness (QED) is 0.232. The second kappa shape index (κ2) is 9.93. The van der Waals surface area contributed by atoms with Gasteiger partial charge in [-0.2, -0.15) is 0 Å². The summed E-state index contributed by atoms with van der Waals surface area (Å²) < 4.78 is 12.4. The van der Waals surface area contributed by atoms with Crippen LogP contribution in [0.15, 0.2) is 84.9 Å². The lowest BCUT2D eigenvalue weighted by Gasteiger charge is -2.37. The van der Waals surface area contributed by atoms with Gasteiger partial charge in [-0.3, -0.25) is 0 Å². The molecule has 4 aromatic carbocycles. The first kappa shape index (κ1) is 29.9. The van der Waals surface area contributed by atoms with Gasteiger partial charge in [-0.1, -0.05) is 95.9 Å². The van der Waals surface area contributed by atoms with Crippen molar-refractivity contribution in [1.82, 2.24) is 0 Å². The van der Waals surface area contributed by atoms with Gasteiger partial charge in [-0.25, -0.2) is 0 Å². The minimum absolute atomic E-state index is 0.525. The van der Waals surface area contributed by atoms with Gasteiger partial charge in [0, 0.05) is 0 Å². The van der Waals surface area contributed by atoms with Crippen molar-refractivity contribution in [1.29, 1.82) is 0 Å². The molecule has 0 bridgehead atoms. The summed E-state index contributed by atoms with van der Waals surface area (Å²) in [6.45, 7) is 14.7. The van der Waals surface area contributed by atoms with E-state index in [0.717, 1.165) is 10.9 Å². The maximum absolute atomic E-state index is 10.7. The maximum atomic E-state index is 10.7. The summed E-state index contributed by atoms with van der Waals surface area (Å²) in [6.07, 6.45) is 0. The first-order valence-electron chi connectivity index (χ1n) is 15.0. The van der Waals surface area contributed by atoms with Crippen molar-refractivity contribution in [3.63, 3.8) is 0 Å². The number of hydrogen-bond donors (Lipinski definition) is 2. The smallest absolute Gasteiger partial charge is 0.330 e. The molecule has 0 atom stereocenters. The zero-order chi connectivity index (χ0) is 31.0. The van der Waals surface area contributed by atoms with Crippen molar-refractivity contribution in [3.8, 4) is 22.3 Å². The Labute approximate surface area is 257 Å². The molecule has 0 aromatic heterocycles. The third kappa shape index (κ3) is 4.62. The Morgan fingerprint density at radius 3 is 1.21 bits per heavy atom. The molecule has 4 aromatic rings. The molecule has 6 heteroatoms. The molecule has 2 aliphatic carbocycles. The first-order chi connectivity index (χ1) is 20.1. The summed E-state index contributed by atoms with van der Waals surface area (Å²) >= 11 is 0. The SMILES string of the molecule is CC(C)(O)C(C)(C)O[B]c1ccc2c(c1)C1(c3ccccc3-2)c2ccccc2-c2ccc([B]OC(C)(C)C(C)(C)O)cc21. The lowest BCUT2D eigenvalue weighted by atomic mass is 9.68. The predicted octanol–water partition coefficient (Wildman–Crippen LogP) is 5.65. The number of fused-ring (bicyclic) bond motifs is 10. The molecule has 2 N–H and O–H groups in total. The van der Waals surface area contributed by atoms with Crippen LogP contribution in [0, 0.1) is 0 Å². The summed E-state index contributed by atoms with van der Waals surface area (Å²) in [7, 11) is 3.54. The molecule has 4 nitrogen and oxygen atoms in total. The molecule has 0 amide bonds. The van der Waals surface area contributed by atoms with Crippen LogP contribution in [-0.4, -0.2) is 47.6 Å². The van der Waals surface area contributed by atoms with Gasteiger partial charge in [-0.15, -0.1) is 0 Å². The molecule has 0 unspecified atom stereocenters. The van der Waals surface area contributed by atoms with E-state index in [4.69, 9.17) is 9.31 Å². The van der Waals surface area contributed by atoms with Crippen LogP contribution >= 0.6 is 0 Å². The van der Waals surface area contributed by atoms with Crippen molar-refractivity contribution in [3.05, 3.63) is 107 Å². The van der Waals surface area contributed by atoms with E-state index < -0.39 is 27.8 Å². The maximum Gasteiger partial charge on any atom is 0.330 e. The van der Waals surface area contributed by atoms with Gasteiger partial charge in [0.25, 0.3) is 0 Å². The molecule has 0 saturated heterocycles. The predicted molar refractivity (Wildman–Crippen MR) is 176 cm³/mol. The summed E-state index contributed by atoms with van der Waals surface area (Å²) in [5.41, 5.74) is 7.51. The van der Waals surface area contributed by atoms with E-state index in [9.17, 15) is 10.2 Å². The highest BCUT2D eigenvalue weighted by Gasteiger charge is 2.52. The van der Waals surface area contributed by atoms with Crippen LogP contribution < -0.4 is 10.9 Å². The Morgan fingerprint density at radius 2 is 0.837 bits per heavy atom. The van der Waals surface area contributed by atoms with E-state index in [1.165, 1.54) is 44.5 Å². The zero-order valence-corrected chi connectivity index (χ0v) is 26.4. The molecular weight excluding hydrogens is 530 g/mol. The summed E-state index contributed by atoms with van der Waals surface area (Å²) in [5.74, 6) is 0. The van der Waals surface area contributed by atoms with Crippen molar-refractivity contribution in [2.75, 3.05) is 0 Å². The lowest BCUT2D eigenvalue weighted by Crippen LogP contribution is -2.49. The molecular formula is C37H40B2O4. The highest BCUT2D eigenvalue weighted by molar-refractivity contribution is 6.47. The van der Waals surface area contributed by atoms with Gasteiger partial charge >= 0.3 is 15.0 Å². The number of rotatable bonds is 8. The van der Waals surface area contributed by atoms with Gasteiger partial charge in [0.1, 0.15) is 0 Å². The van der Waals surface area contributed by atoms with Crippen LogP contribution in [0.2, 0.25) is 0 Å². The Morgan fingerprint density at radius 1 is 0.488 bits per heavy atom. The minimum Gasteiger partial charge on any atom is -0.427 e. The fourth-order valence-corrected chi connectivity index (χ4v) is 6.04. The Kier molecular flexibility index (Phi) is 6.91. The second-order valence-corrected chi connectivity index (χ2v) is 14.1. The molecule has 1 spiro atoms. The van der Waals surface area contributed by atoms with E-state index in [-0.39, 0.29) is 0 Å². The van der Waals surface area contributed by atoms with Gasteiger partial charge in [0.15, 0.2) is 0 Å². The van der Waals surface area contributed by atoms with Crippen LogP contribution in [0.5, 0.6) is 0 Å². The fraction of sp³-hybridized carbons (Fsp3) is 0.351. The average molecular weight is 570 g/mol. The molecule has 0 aliphatic heterocycles. The van der Waals surface area contributed by atoms with Crippen molar-refractivity contribution >= 4 is 25.9 Å². The summed E-state index contributed by atoms with van der Waals surface area (Å²) in [4.78, 5) is 0. The fourth-order valence-electron chi connectivity index (χ4n) is 6.04. The topological polar surface area (TPSA) is 58.9 Å². The van der Waals surface area contributed by atoms with Gasteiger partial charge in [0.05, 0.1) is 27.8 Å². The Balaban J connectivity index is 1.52. The molecule has 2 radical (unpaired) electrons.